The Morgan fingerprint density at radius 1 is 1.05 bits per heavy atom. The van der Waals surface area contributed by atoms with Crippen LogP contribution >= 0.6 is 0 Å². The summed E-state index contributed by atoms with van der Waals surface area (Å²) in [5.74, 6) is 5.93. The molecule has 20 heavy (non-hydrogen) atoms. The third-order valence-corrected chi connectivity index (χ3v) is 6.27. The number of nitrogens with two attached hydrogens (primary N) is 1. The Morgan fingerprint density at radius 3 is 2.10 bits per heavy atom. The van der Waals surface area contributed by atoms with Crippen molar-refractivity contribution < 1.29 is 0 Å². The lowest BCUT2D eigenvalue weighted by molar-refractivity contribution is -0.00289. The van der Waals surface area contributed by atoms with Crippen molar-refractivity contribution in [3.63, 3.8) is 0 Å². The number of hydrogen-bond donors (Lipinski definition) is 1. The summed E-state index contributed by atoms with van der Waals surface area (Å²) < 4.78 is 1.91. The summed E-state index contributed by atoms with van der Waals surface area (Å²) in [5.41, 5.74) is 9.11. The number of aromatic nitrogens is 2. The Bertz CT molecular complexity index is 501. The van der Waals surface area contributed by atoms with E-state index in [9.17, 15) is 0 Å². The predicted molar refractivity (Wildman–Crippen MR) is 81.5 cm³/mol. The van der Waals surface area contributed by atoms with E-state index in [2.05, 4.69) is 13.8 Å². The van der Waals surface area contributed by atoms with Gasteiger partial charge in [0, 0.05) is 12.6 Å². The second-order valence-electron chi connectivity index (χ2n) is 7.92. The normalized spacial score (nSPS) is 38.9. The third-order valence-electron chi connectivity index (χ3n) is 6.27. The molecule has 0 aliphatic heterocycles. The molecule has 4 aliphatic carbocycles. The standard InChI is InChI=1S/C17H27N3/c1-9(2)16-15(17(18)20(3)19-16)14-12-5-10-4-11(7-12)8-13(14)6-10/h9-14H,4-8,18H2,1-3H3. The topological polar surface area (TPSA) is 43.8 Å². The quantitative estimate of drug-likeness (QED) is 0.893. The molecule has 4 aliphatic rings. The van der Waals surface area contributed by atoms with E-state index in [1.807, 2.05) is 11.7 Å². The molecule has 0 spiro atoms. The number of rotatable bonds is 2. The van der Waals surface area contributed by atoms with Gasteiger partial charge in [-0.05, 0) is 67.6 Å². The SMILES string of the molecule is CC(C)c1nn(C)c(N)c1C1C2CC3CC(C2)CC1C3. The predicted octanol–water partition coefficient (Wildman–Crippen LogP) is 3.67. The van der Waals surface area contributed by atoms with Gasteiger partial charge >= 0.3 is 0 Å². The molecular formula is C17H27N3. The smallest absolute Gasteiger partial charge is 0.125 e. The van der Waals surface area contributed by atoms with Crippen LogP contribution in [0.2, 0.25) is 0 Å². The summed E-state index contributed by atoms with van der Waals surface area (Å²) >= 11 is 0. The van der Waals surface area contributed by atoms with Crippen molar-refractivity contribution in [2.24, 2.45) is 30.7 Å². The lowest BCUT2D eigenvalue weighted by Crippen LogP contribution is -2.44. The van der Waals surface area contributed by atoms with E-state index in [0.29, 0.717) is 11.8 Å². The minimum atomic E-state index is 0.477. The molecule has 0 amide bonds. The average molecular weight is 273 g/mol. The molecular weight excluding hydrogens is 246 g/mol. The molecule has 0 aromatic carbocycles. The van der Waals surface area contributed by atoms with E-state index in [4.69, 9.17) is 10.8 Å². The molecule has 0 atom stereocenters. The zero-order valence-electron chi connectivity index (χ0n) is 13.0. The van der Waals surface area contributed by atoms with Gasteiger partial charge in [0.1, 0.15) is 5.82 Å². The summed E-state index contributed by atoms with van der Waals surface area (Å²) in [5, 5.41) is 4.73. The molecule has 1 heterocycles. The van der Waals surface area contributed by atoms with Crippen LogP contribution in [0.15, 0.2) is 0 Å². The van der Waals surface area contributed by atoms with Gasteiger partial charge in [0.2, 0.25) is 0 Å². The Morgan fingerprint density at radius 2 is 1.60 bits per heavy atom. The second-order valence-corrected chi connectivity index (χ2v) is 7.92. The number of aryl methyl sites for hydroxylation is 1. The van der Waals surface area contributed by atoms with Crippen LogP contribution in [0.3, 0.4) is 0 Å². The molecule has 110 valence electrons. The van der Waals surface area contributed by atoms with Gasteiger partial charge in [-0.2, -0.15) is 5.10 Å². The number of anilines is 1. The molecule has 4 bridgehead atoms. The van der Waals surface area contributed by atoms with Crippen LogP contribution in [-0.2, 0) is 7.05 Å². The maximum Gasteiger partial charge on any atom is 0.125 e. The van der Waals surface area contributed by atoms with Crippen LogP contribution in [0.5, 0.6) is 0 Å². The highest BCUT2D eigenvalue weighted by Gasteiger charge is 2.50. The largest absolute Gasteiger partial charge is 0.384 e. The Labute approximate surface area is 121 Å². The first kappa shape index (κ1) is 12.7. The molecule has 5 rings (SSSR count). The van der Waals surface area contributed by atoms with Gasteiger partial charge in [-0.15, -0.1) is 0 Å². The highest BCUT2D eigenvalue weighted by atomic mass is 15.3. The zero-order chi connectivity index (χ0) is 14.0. The fraction of sp³-hybridized carbons (Fsp3) is 0.824. The minimum Gasteiger partial charge on any atom is -0.384 e. The van der Waals surface area contributed by atoms with Gasteiger partial charge in [0.15, 0.2) is 0 Å². The third kappa shape index (κ3) is 1.68. The van der Waals surface area contributed by atoms with Crippen molar-refractivity contribution >= 4 is 5.82 Å². The van der Waals surface area contributed by atoms with Crippen molar-refractivity contribution in [3.05, 3.63) is 11.3 Å². The lowest BCUT2D eigenvalue weighted by Gasteiger charge is -2.54. The van der Waals surface area contributed by atoms with Crippen molar-refractivity contribution in [1.82, 2.24) is 9.78 Å². The summed E-state index contributed by atoms with van der Waals surface area (Å²) in [4.78, 5) is 0. The first-order valence-electron chi connectivity index (χ1n) is 8.36. The fourth-order valence-electron chi connectivity index (χ4n) is 5.74. The zero-order valence-corrected chi connectivity index (χ0v) is 13.0. The Balaban J connectivity index is 1.78. The van der Waals surface area contributed by atoms with Gasteiger partial charge in [0.05, 0.1) is 5.69 Å². The van der Waals surface area contributed by atoms with Crippen molar-refractivity contribution in [3.8, 4) is 0 Å². The van der Waals surface area contributed by atoms with E-state index >= 15 is 0 Å². The van der Waals surface area contributed by atoms with Crippen LogP contribution in [0.25, 0.3) is 0 Å². The molecule has 4 fully saturated rings. The number of nitrogen functional groups attached to an aromatic ring is 1. The van der Waals surface area contributed by atoms with Crippen LogP contribution in [0, 0.1) is 23.7 Å². The monoisotopic (exact) mass is 273 g/mol. The molecule has 0 unspecified atom stereocenters. The molecule has 4 saturated carbocycles. The number of hydrogen-bond acceptors (Lipinski definition) is 2. The molecule has 1 aromatic heterocycles. The molecule has 2 N–H and O–H groups in total. The van der Waals surface area contributed by atoms with E-state index in [0.717, 1.165) is 29.5 Å². The van der Waals surface area contributed by atoms with Crippen molar-refractivity contribution in [2.45, 2.75) is 57.8 Å². The van der Waals surface area contributed by atoms with Crippen molar-refractivity contribution in [1.29, 1.82) is 0 Å². The summed E-state index contributed by atoms with van der Waals surface area (Å²) in [7, 11) is 2.00. The summed E-state index contributed by atoms with van der Waals surface area (Å²) in [6.45, 7) is 4.50. The second kappa shape index (κ2) is 4.25. The molecule has 0 radical (unpaired) electrons. The van der Waals surface area contributed by atoms with Crippen molar-refractivity contribution in [2.75, 3.05) is 5.73 Å². The molecule has 0 saturated heterocycles. The van der Waals surface area contributed by atoms with Gasteiger partial charge in [-0.3, -0.25) is 4.68 Å². The van der Waals surface area contributed by atoms with Gasteiger partial charge in [-0.1, -0.05) is 13.8 Å². The number of nitrogens with zero attached hydrogens (tertiary/aromatic N) is 2. The van der Waals surface area contributed by atoms with E-state index in [1.165, 1.54) is 43.4 Å². The van der Waals surface area contributed by atoms with E-state index < -0.39 is 0 Å². The highest BCUT2D eigenvalue weighted by molar-refractivity contribution is 5.48. The van der Waals surface area contributed by atoms with Gasteiger partial charge in [0.25, 0.3) is 0 Å². The summed E-state index contributed by atoms with van der Waals surface area (Å²) in [6.07, 6.45) is 7.30. The Kier molecular flexibility index (Phi) is 2.71. The fourth-order valence-corrected chi connectivity index (χ4v) is 5.74. The van der Waals surface area contributed by atoms with Crippen LogP contribution in [0.4, 0.5) is 5.82 Å². The van der Waals surface area contributed by atoms with E-state index in [-0.39, 0.29) is 0 Å². The van der Waals surface area contributed by atoms with Gasteiger partial charge < -0.3 is 5.73 Å². The van der Waals surface area contributed by atoms with Crippen LogP contribution < -0.4 is 5.73 Å². The first-order valence-corrected chi connectivity index (χ1v) is 8.36. The van der Waals surface area contributed by atoms with Crippen LogP contribution in [-0.4, -0.2) is 9.78 Å². The lowest BCUT2D eigenvalue weighted by atomic mass is 9.50. The summed E-state index contributed by atoms with van der Waals surface area (Å²) in [6, 6.07) is 0. The highest BCUT2D eigenvalue weighted by Crippen LogP contribution is 2.61. The molecule has 3 nitrogen and oxygen atoms in total. The average Bonchev–Trinajstić information content (AvgIpc) is 2.66. The molecule has 3 heteroatoms. The maximum absolute atomic E-state index is 6.42. The first-order chi connectivity index (χ1) is 9.54. The molecule has 1 aromatic rings. The maximum atomic E-state index is 6.42. The van der Waals surface area contributed by atoms with Crippen LogP contribution in [0.1, 0.15) is 69.0 Å². The Hall–Kier alpha value is -0.990. The van der Waals surface area contributed by atoms with Gasteiger partial charge in [-0.25, -0.2) is 0 Å². The minimum absolute atomic E-state index is 0.477. The van der Waals surface area contributed by atoms with E-state index in [1.54, 1.807) is 0 Å².